The Morgan fingerprint density at radius 2 is 2.06 bits per heavy atom. The van der Waals surface area contributed by atoms with E-state index in [1.807, 2.05) is 30.3 Å². The highest BCUT2D eigenvalue weighted by molar-refractivity contribution is 9.10. The van der Waals surface area contributed by atoms with E-state index in [0.29, 0.717) is 42.5 Å². The van der Waals surface area contributed by atoms with Crippen LogP contribution < -0.4 is 14.4 Å². The summed E-state index contributed by atoms with van der Waals surface area (Å²) >= 11 is 16.3. The molecular formula is C23H16BrClN2O3S2. The molecule has 1 aliphatic heterocycles. The number of hydrogen-bond donors (Lipinski definition) is 0. The first-order valence-electron chi connectivity index (χ1n) is 9.40. The van der Waals surface area contributed by atoms with Crippen LogP contribution in [0, 0.1) is 0 Å². The molecule has 3 aromatic rings. The summed E-state index contributed by atoms with van der Waals surface area (Å²) in [7, 11) is 1.57. The molecule has 1 saturated heterocycles. The zero-order chi connectivity index (χ0) is 22.7. The highest BCUT2D eigenvalue weighted by atomic mass is 79.9. The molecule has 0 N–H and O–H groups in total. The summed E-state index contributed by atoms with van der Waals surface area (Å²) in [6.45, 7) is 0.299. The molecule has 1 aromatic heterocycles. The molecule has 0 atom stereocenters. The predicted octanol–water partition coefficient (Wildman–Crippen LogP) is 6.49. The Hall–Kier alpha value is -2.39. The van der Waals surface area contributed by atoms with Crippen molar-refractivity contribution in [2.45, 2.75) is 6.61 Å². The molecule has 0 aliphatic carbocycles. The van der Waals surface area contributed by atoms with E-state index < -0.39 is 0 Å². The van der Waals surface area contributed by atoms with Gasteiger partial charge < -0.3 is 9.47 Å². The molecule has 1 fully saturated rings. The number of benzene rings is 2. The van der Waals surface area contributed by atoms with Crippen LogP contribution >= 0.6 is 51.5 Å². The van der Waals surface area contributed by atoms with Gasteiger partial charge in [0.15, 0.2) is 15.8 Å². The first-order valence-corrected chi connectivity index (χ1v) is 11.8. The molecule has 0 bridgehead atoms. The van der Waals surface area contributed by atoms with Crippen LogP contribution in [0.15, 0.2) is 70.2 Å². The Kier molecular flexibility index (Phi) is 7.15. The summed E-state index contributed by atoms with van der Waals surface area (Å²) in [4.78, 5) is 19.3. The number of anilines is 1. The molecular weight excluding hydrogens is 532 g/mol. The van der Waals surface area contributed by atoms with E-state index in [2.05, 4.69) is 20.9 Å². The molecule has 2 aromatic carbocycles. The lowest BCUT2D eigenvalue weighted by Crippen LogP contribution is -2.27. The van der Waals surface area contributed by atoms with Gasteiger partial charge in [0.1, 0.15) is 6.61 Å². The molecule has 4 rings (SSSR count). The molecule has 0 radical (unpaired) electrons. The third-order valence-electron chi connectivity index (χ3n) is 4.50. The number of thiocarbonyl (C=S) groups is 1. The number of hydrogen-bond acceptors (Lipinski definition) is 6. The molecule has 0 spiro atoms. The lowest BCUT2D eigenvalue weighted by molar-refractivity contribution is -0.113. The van der Waals surface area contributed by atoms with Crippen molar-refractivity contribution in [3.8, 4) is 11.5 Å². The van der Waals surface area contributed by atoms with Crippen molar-refractivity contribution in [1.29, 1.82) is 0 Å². The number of pyridine rings is 1. The molecule has 0 unspecified atom stereocenters. The van der Waals surface area contributed by atoms with Crippen LogP contribution in [-0.4, -0.2) is 22.3 Å². The van der Waals surface area contributed by atoms with Gasteiger partial charge in [0.2, 0.25) is 0 Å². The van der Waals surface area contributed by atoms with E-state index in [9.17, 15) is 4.79 Å². The molecule has 32 heavy (non-hydrogen) atoms. The smallest absolute Gasteiger partial charge is 0.270 e. The summed E-state index contributed by atoms with van der Waals surface area (Å²) in [5.41, 5.74) is 2.21. The van der Waals surface area contributed by atoms with Crippen LogP contribution in [0.5, 0.6) is 11.5 Å². The fraction of sp³-hybridized carbons (Fsp3) is 0.0870. The van der Waals surface area contributed by atoms with Crippen molar-refractivity contribution in [3.63, 3.8) is 0 Å². The van der Waals surface area contributed by atoms with E-state index in [1.165, 1.54) is 16.7 Å². The quantitative estimate of drug-likeness (QED) is 0.260. The minimum Gasteiger partial charge on any atom is -0.493 e. The standard InChI is InChI=1S/C23H16BrClN2O3S2/c1-29-19-10-14(9-18(24)21(19)30-13-16-6-2-3-8-26-16)11-20-22(28)27(23(31)32-20)17-7-4-5-15(25)12-17/h2-12H,13H2,1H3/b20-11-. The second kappa shape index (κ2) is 10.0. The normalized spacial score (nSPS) is 14.8. The number of rotatable bonds is 6. The summed E-state index contributed by atoms with van der Waals surface area (Å²) < 4.78 is 12.6. The van der Waals surface area contributed by atoms with Gasteiger partial charge in [0.05, 0.1) is 27.9 Å². The summed E-state index contributed by atoms with van der Waals surface area (Å²) in [5, 5.41) is 0.537. The predicted molar refractivity (Wildman–Crippen MR) is 136 cm³/mol. The number of carbonyl (C=O) groups is 1. The van der Waals surface area contributed by atoms with Crippen LogP contribution in [0.25, 0.3) is 6.08 Å². The summed E-state index contributed by atoms with van der Waals surface area (Å²) in [6.07, 6.45) is 3.49. The number of halogens is 2. The molecule has 9 heteroatoms. The molecule has 2 heterocycles. The fourth-order valence-electron chi connectivity index (χ4n) is 3.05. The third kappa shape index (κ3) is 4.99. The second-order valence-electron chi connectivity index (χ2n) is 6.64. The van der Waals surface area contributed by atoms with Crippen molar-refractivity contribution >= 4 is 73.5 Å². The molecule has 5 nitrogen and oxygen atoms in total. The van der Waals surface area contributed by atoms with Crippen molar-refractivity contribution in [2.75, 3.05) is 12.0 Å². The van der Waals surface area contributed by atoms with Gasteiger partial charge in [0, 0.05) is 11.2 Å². The SMILES string of the molecule is COc1cc(/C=C2\SC(=S)N(c3cccc(Cl)c3)C2=O)cc(Br)c1OCc1ccccn1. The molecule has 1 amide bonds. The maximum absolute atomic E-state index is 13.0. The number of methoxy groups -OCH3 is 1. The first kappa shape index (κ1) is 22.8. The number of aromatic nitrogens is 1. The highest BCUT2D eigenvalue weighted by Gasteiger charge is 2.33. The lowest BCUT2D eigenvalue weighted by Gasteiger charge is -2.14. The van der Waals surface area contributed by atoms with Gasteiger partial charge in [-0.2, -0.15) is 0 Å². The first-order chi connectivity index (χ1) is 15.5. The summed E-state index contributed by atoms with van der Waals surface area (Å²) in [5.74, 6) is 0.890. The van der Waals surface area contributed by atoms with Gasteiger partial charge in [-0.25, -0.2) is 0 Å². The number of carbonyl (C=O) groups excluding carboxylic acids is 1. The molecule has 0 saturated carbocycles. The van der Waals surface area contributed by atoms with Gasteiger partial charge >= 0.3 is 0 Å². The van der Waals surface area contributed by atoms with E-state index in [4.69, 9.17) is 33.3 Å². The van der Waals surface area contributed by atoms with Crippen LogP contribution in [0.3, 0.4) is 0 Å². The maximum atomic E-state index is 13.0. The van der Waals surface area contributed by atoms with Gasteiger partial charge in [0.25, 0.3) is 5.91 Å². The van der Waals surface area contributed by atoms with Gasteiger partial charge in [-0.15, -0.1) is 0 Å². The second-order valence-corrected chi connectivity index (χ2v) is 9.61. The average molecular weight is 548 g/mol. The van der Waals surface area contributed by atoms with Crippen LogP contribution in [0.4, 0.5) is 5.69 Å². The van der Waals surface area contributed by atoms with E-state index in [-0.39, 0.29) is 5.91 Å². The Balaban J connectivity index is 1.59. The average Bonchev–Trinajstić information content (AvgIpc) is 3.06. The van der Waals surface area contributed by atoms with Crippen molar-refractivity contribution in [2.24, 2.45) is 0 Å². The third-order valence-corrected chi connectivity index (χ3v) is 6.63. The zero-order valence-corrected chi connectivity index (χ0v) is 20.7. The van der Waals surface area contributed by atoms with E-state index in [0.717, 1.165) is 11.3 Å². The maximum Gasteiger partial charge on any atom is 0.270 e. The number of amides is 1. The molecule has 162 valence electrons. The summed E-state index contributed by atoms with van der Waals surface area (Å²) in [6, 6.07) is 16.4. The Morgan fingerprint density at radius 1 is 1.22 bits per heavy atom. The van der Waals surface area contributed by atoms with Crippen molar-refractivity contribution in [3.05, 3.63) is 86.5 Å². The minimum atomic E-state index is -0.201. The van der Waals surface area contributed by atoms with Crippen molar-refractivity contribution in [1.82, 2.24) is 4.98 Å². The van der Waals surface area contributed by atoms with Crippen LogP contribution in [0.1, 0.15) is 11.3 Å². The van der Waals surface area contributed by atoms with Gasteiger partial charge in [-0.1, -0.05) is 47.7 Å². The van der Waals surface area contributed by atoms with Crippen LogP contribution in [-0.2, 0) is 11.4 Å². The molecule has 1 aliphatic rings. The van der Waals surface area contributed by atoms with Gasteiger partial charge in [-0.3, -0.25) is 14.7 Å². The Labute approximate surface area is 208 Å². The number of ether oxygens (including phenoxy) is 2. The minimum absolute atomic E-state index is 0.201. The number of nitrogens with zero attached hydrogens (tertiary/aromatic N) is 2. The monoisotopic (exact) mass is 546 g/mol. The Bertz CT molecular complexity index is 1220. The van der Waals surface area contributed by atoms with Crippen LogP contribution in [0.2, 0.25) is 5.02 Å². The van der Waals surface area contributed by atoms with Crippen molar-refractivity contribution < 1.29 is 14.3 Å². The Morgan fingerprint density at radius 3 is 2.78 bits per heavy atom. The topological polar surface area (TPSA) is 51.7 Å². The largest absolute Gasteiger partial charge is 0.493 e. The number of thioether (sulfide) groups is 1. The van der Waals surface area contributed by atoms with E-state index >= 15 is 0 Å². The van der Waals surface area contributed by atoms with Gasteiger partial charge in [-0.05, 0) is 70.0 Å². The zero-order valence-electron chi connectivity index (χ0n) is 16.7. The van der Waals surface area contributed by atoms with E-state index in [1.54, 1.807) is 43.6 Å². The lowest BCUT2D eigenvalue weighted by atomic mass is 10.1. The highest BCUT2D eigenvalue weighted by Crippen LogP contribution is 2.40. The fourth-order valence-corrected chi connectivity index (χ4v) is 5.11.